The number of hydrogen-bond acceptors (Lipinski definition) is 8. The van der Waals surface area contributed by atoms with Crippen LogP contribution in [-0.2, 0) is 9.53 Å². The van der Waals surface area contributed by atoms with Gasteiger partial charge in [-0.15, -0.1) is 0 Å². The van der Waals surface area contributed by atoms with Gasteiger partial charge in [0, 0.05) is 32.3 Å². The molecule has 3 aromatic rings. The number of carbonyl (C=O) groups excluding carboxylic acids is 1. The van der Waals surface area contributed by atoms with Crippen molar-refractivity contribution in [2.24, 2.45) is 5.92 Å². The van der Waals surface area contributed by atoms with Crippen LogP contribution in [0.3, 0.4) is 0 Å². The minimum absolute atomic E-state index is 0.255. The highest BCUT2D eigenvalue weighted by Gasteiger charge is 2.26. The summed E-state index contributed by atoms with van der Waals surface area (Å²) in [6, 6.07) is 7.99. The summed E-state index contributed by atoms with van der Waals surface area (Å²) in [5, 5.41) is 16.6. The highest BCUT2D eigenvalue weighted by atomic mass is 16.5. The minimum Gasteiger partial charge on any atom is -0.396 e. The van der Waals surface area contributed by atoms with E-state index >= 15 is 0 Å². The molecule has 0 spiro atoms. The summed E-state index contributed by atoms with van der Waals surface area (Å²) in [7, 11) is 1.70. The van der Waals surface area contributed by atoms with Gasteiger partial charge in [-0.25, -0.2) is 20.1 Å². The number of fused-ring (bicyclic) bond motifs is 1. The van der Waals surface area contributed by atoms with Gasteiger partial charge in [0.15, 0.2) is 5.65 Å². The van der Waals surface area contributed by atoms with Crippen LogP contribution in [0.5, 0.6) is 0 Å². The third-order valence-electron chi connectivity index (χ3n) is 6.92. The van der Waals surface area contributed by atoms with Crippen molar-refractivity contribution in [1.29, 1.82) is 0 Å². The lowest BCUT2D eigenvalue weighted by atomic mass is 9.86. The molecule has 2 aromatic heterocycles. The van der Waals surface area contributed by atoms with E-state index in [0.717, 1.165) is 73.2 Å². The van der Waals surface area contributed by atoms with Crippen molar-refractivity contribution in [3.05, 3.63) is 30.5 Å². The Morgan fingerprint density at radius 3 is 2.53 bits per heavy atom. The smallest absolute Gasteiger partial charge is 0.228 e. The zero-order chi connectivity index (χ0) is 23.5. The molecule has 5 rings (SSSR count). The maximum absolute atomic E-state index is 11.3. The number of amides is 1. The Kier molecular flexibility index (Phi) is 6.70. The minimum atomic E-state index is 0.255. The molecule has 10 heteroatoms. The SMILES string of the molecule is CNN(C=O)c1ccc(-c2nc(N3CCOCC3)nc3c2cnn3C2CCC(CO)CC2)cc1. The van der Waals surface area contributed by atoms with E-state index in [2.05, 4.69) is 15.0 Å². The second-order valence-electron chi connectivity index (χ2n) is 8.90. The molecule has 10 nitrogen and oxygen atoms in total. The Morgan fingerprint density at radius 2 is 1.88 bits per heavy atom. The Morgan fingerprint density at radius 1 is 1.15 bits per heavy atom. The van der Waals surface area contributed by atoms with Crippen LogP contribution in [0.4, 0.5) is 11.6 Å². The predicted molar refractivity (Wildman–Crippen MR) is 129 cm³/mol. The highest BCUT2D eigenvalue weighted by Crippen LogP contribution is 2.36. The molecule has 3 heterocycles. The molecular formula is C24H31N7O3. The van der Waals surface area contributed by atoms with Crippen molar-refractivity contribution in [3.8, 4) is 11.3 Å². The number of morpholine rings is 1. The second-order valence-corrected chi connectivity index (χ2v) is 8.90. The number of ether oxygens (including phenoxy) is 1. The first kappa shape index (κ1) is 22.7. The number of hydrogen-bond donors (Lipinski definition) is 2. The van der Waals surface area contributed by atoms with Crippen LogP contribution in [-0.4, -0.2) is 71.2 Å². The van der Waals surface area contributed by atoms with E-state index in [9.17, 15) is 9.90 Å². The first-order chi connectivity index (χ1) is 16.7. The van der Waals surface area contributed by atoms with E-state index in [0.29, 0.717) is 25.1 Å². The number of rotatable bonds is 7. The van der Waals surface area contributed by atoms with Gasteiger partial charge in [-0.05, 0) is 43.7 Å². The van der Waals surface area contributed by atoms with Crippen LogP contribution in [0.25, 0.3) is 22.3 Å². The lowest BCUT2D eigenvalue weighted by Gasteiger charge is -2.29. The van der Waals surface area contributed by atoms with Gasteiger partial charge in [-0.2, -0.15) is 10.1 Å². The summed E-state index contributed by atoms with van der Waals surface area (Å²) in [5.74, 6) is 1.07. The van der Waals surface area contributed by atoms with E-state index in [1.54, 1.807) is 7.05 Å². The molecule has 1 aromatic carbocycles. The van der Waals surface area contributed by atoms with Gasteiger partial charge >= 0.3 is 0 Å². The third-order valence-corrected chi connectivity index (χ3v) is 6.92. The standard InChI is InChI=1S/C24H31N7O3/c1-25-30(16-33)19-8-4-18(5-9-19)22-21-14-26-31(20-6-2-17(15-32)3-7-20)23(21)28-24(27-22)29-10-12-34-13-11-29/h4-5,8-9,14,16-17,20,25,32H,2-3,6-7,10-13,15H2,1H3. The number of carbonyl (C=O) groups is 1. The maximum atomic E-state index is 11.3. The molecule has 0 atom stereocenters. The Balaban J connectivity index is 1.56. The topological polar surface area (TPSA) is 109 Å². The van der Waals surface area contributed by atoms with Crippen molar-refractivity contribution in [2.45, 2.75) is 31.7 Å². The summed E-state index contributed by atoms with van der Waals surface area (Å²) in [4.78, 5) is 23.4. The molecule has 1 aliphatic heterocycles. The summed E-state index contributed by atoms with van der Waals surface area (Å²) < 4.78 is 7.59. The molecule has 0 unspecified atom stereocenters. The summed E-state index contributed by atoms with van der Waals surface area (Å²) in [6.45, 7) is 3.06. The average molecular weight is 466 g/mol. The van der Waals surface area contributed by atoms with Crippen LogP contribution >= 0.6 is 0 Å². The number of benzene rings is 1. The maximum Gasteiger partial charge on any atom is 0.228 e. The molecule has 1 saturated heterocycles. The molecular weight excluding hydrogens is 434 g/mol. The second kappa shape index (κ2) is 10.0. The third kappa shape index (κ3) is 4.36. The Hall–Kier alpha value is -3.08. The number of nitrogens with zero attached hydrogens (tertiary/aromatic N) is 6. The van der Waals surface area contributed by atoms with Crippen molar-refractivity contribution in [2.75, 3.05) is 49.9 Å². The fraction of sp³-hybridized carbons (Fsp3) is 0.500. The van der Waals surface area contributed by atoms with Gasteiger partial charge in [0.25, 0.3) is 0 Å². The first-order valence-corrected chi connectivity index (χ1v) is 11.9. The number of hydrazine groups is 1. The molecule has 1 aliphatic carbocycles. The number of anilines is 2. The lowest BCUT2D eigenvalue weighted by Crippen LogP contribution is -2.37. The molecule has 0 radical (unpaired) electrons. The molecule has 2 N–H and O–H groups in total. The zero-order valence-electron chi connectivity index (χ0n) is 19.4. The quantitative estimate of drug-likeness (QED) is 0.404. The largest absolute Gasteiger partial charge is 0.396 e. The molecule has 34 heavy (non-hydrogen) atoms. The Bertz CT molecular complexity index is 1120. The van der Waals surface area contributed by atoms with Crippen LogP contribution < -0.4 is 15.3 Å². The normalized spacial score (nSPS) is 21.1. The van der Waals surface area contributed by atoms with Crippen LogP contribution in [0.2, 0.25) is 0 Å². The summed E-state index contributed by atoms with van der Waals surface area (Å²) in [5.41, 5.74) is 6.21. The van der Waals surface area contributed by atoms with Crippen molar-refractivity contribution >= 4 is 29.1 Å². The number of aliphatic hydroxyl groups excluding tert-OH is 1. The van der Waals surface area contributed by atoms with Gasteiger partial charge in [0.2, 0.25) is 12.4 Å². The van der Waals surface area contributed by atoms with Crippen LogP contribution in [0.1, 0.15) is 31.7 Å². The fourth-order valence-corrected chi connectivity index (χ4v) is 4.90. The predicted octanol–water partition coefficient (Wildman–Crippen LogP) is 2.15. The van der Waals surface area contributed by atoms with E-state index in [-0.39, 0.29) is 12.6 Å². The van der Waals surface area contributed by atoms with Crippen molar-refractivity contribution in [1.82, 2.24) is 25.2 Å². The highest BCUT2D eigenvalue weighted by molar-refractivity contribution is 5.91. The van der Waals surface area contributed by atoms with Gasteiger partial charge in [-0.1, -0.05) is 12.1 Å². The van der Waals surface area contributed by atoms with Gasteiger partial charge in [-0.3, -0.25) is 4.79 Å². The van der Waals surface area contributed by atoms with Crippen molar-refractivity contribution in [3.63, 3.8) is 0 Å². The lowest BCUT2D eigenvalue weighted by molar-refractivity contribution is -0.107. The molecule has 1 amide bonds. The van der Waals surface area contributed by atoms with E-state index in [1.165, 1.54) is 5.01 Å². The van der Waals surface area contributed by atoms with E-state index < -0.39 is 0 Å². The molecule has 2 aliphatic rings. The van der Waals surface area contributed by atoms with Gasteiger partial charge in [0.05, 0.1) is 42.2 Å². The number of aromatic nitrogens is 4. The monoisotopic (exact) mass is 465 g/mol. The molecule has 2 fully saturated rings. The van der Waals surface area contributed by atoms with Gasteiger partial charge < -0.3 is 14.7 Å². The number of aliphatic hydroxyl groups is 1. The molecule has 1 saturated carbocycles. The first-order valence-electron chi connectivity index (χ1n) is 11.9. The van der Waals surface area contributed by atoms with E-state index in [4.69, 9.17) is 19.8 Å². The Labute approximate surface area is 198 Å². The average Bonchev–Trinajstić information content (AvgIpc) is 3.34. The van der Waals surface area contributed by atoms with Crippen molar-refractivity contribution < 1.29 is 14.6 Å². The summed E-state index contributed by atoms with van der Waals surface area (Å²) in [6.07, 6.45) is 6.56. The summed E-state index contributed by atoms with van der Waals surface area (Å²) >= 11 is 0. The zero-order valence-corrected chi connectivity index (χ0v) is 19.4. The fourth-order valence-electron chi connectivity index (χ4n) is 4.90. The van der Waals surface area contributed by atoms with E-state index in [1.807, 2.05) is 30.5 Å². The van der Waals surface area contributed by atoms with Crippen LogP contribution in [0.15, 0.2) is 30.5 Å². The number of nitrogens with one attached hydrogen (secondary N) is 1. The molecule has 180 valence electrons. The molecule has 0 bridgehead atoms. The van der Waals surface area contributed by atoms with Gasteiger partial charge in [0.1, 0.15) is 0 Å². The van der Waals surface area contributed by atoms with Crippen LogP contribution in [0, 0.1) is 5.92 Å².